The van der Waals surface area contributed by atoms with Crippen LogP contribution >= 0.6 is 22.6 Å². The first-order valence-corrected chi connectivity index (χ1v) is 7.44. The van der Waals surface area contributed by atoms with Gasteiger partial charge >= 0.3 is 0 Å². The van der Waals surface area contributed by atoms with Gasteiger partial charge < -0.3 is 4.74 Å². The fourth-order valence-corrected chi connectivity index (χ4v) is 2.08. The summed E-state index contributed by atoms with van der Waals surface area (Å²) in [5, 5.41) is 4.37. The Labute approximate surface area is 128 Å². The summed E-state index contributed by atoms with van der Waals surface area (Å²) in [6.07, 6.45) is 3.97. The summed E-state index contributed by atoms with van der Waals surface area (Å²) in [5.41, 5.74) is 2.25. The zero-order valence-corrected chi connectivity index (χ0v) is 13.7. The van der Waals surface area contributed by atoms with E-state index in [1.54, 1.807) is 0 Å². The lowest BCUT2D eigenvalue weighted by atomic mass is 10.1. The molecule has 0 aliphatic heterocycles. The highest BCUT2D eigenvalue weighted by Gasteiger charge is 2.09. The summed E-state index contributed by atoms with van der Waals surface area (Å²) in [7, 11) is 0. The van der Waals surface area contributed by atoms with Crippen molar-refractivity contribution in [1.29, 1.82) is 0 Å². The molecule has 102 valence electrons. The fraction of sp³-hybridized carbons (Fsp3) is 0.400. The minimum atomic E-state index is -0.0912. The third-order valence-corrected chi connectivity index (χ3v) is 3.39. The van der Waals surface area contributed by atoms with Crippen molar-refractivity contribution in [2.24, 2.45) is 0 Å². The summed E-state index contributed by atoms with van der Waals surface area (Å²) in [5.74, 6) is 0. The Kier molecular flexibility index (Phi) is 4.62. The van der Waals surface area contributed by atoms with Gasteiger partial charge in [0.1, 0.15) is 0 Å². The summed E-state index contributed by atoms with van der Waals surface area (Å²) < 4.78 is 8.87. The van der Waals surface area contributed by atoms with Gasteiger partial charge in [0.2, 0.25) is 0 Å². The Balaban J connectivity index is 1.97. The third-order valence-electron chi connectivity index (χ3n) is 2.67. The molecular weight excluding hydrogens is 351 g/mol. The van der Waals surface area contributed by atoms with Crippen molar-refractivity contribution in [3.63, 3.8) is 0 Å². The van der Waals surface area contributed by atoms with Crippen molar-refractivity contribution in [1.82, 2.24) is 9.78 Å². The molecule has 2 aromatic rings. The Morgan fingerprint density at radius 2 is 1.84 bits per heavy atom. The van der Waals surface area contributed by atoms with E-state index >= 15 is 0 Å². The molecule has 4 heteroatoms. The number of hydrogen-bond donors (Lipinski definition) is 0. The van der Waals surface area contributed by atoms with Crippen LogP contribution in [0.5, 0.6) is 0 Å². The smallest absolute Gasteiger partial charge is 0.0669 e. The van der Waals surface area contributed by atoms with Gasteiger partial charge in [-0.2, -0.15) is 5.10 Å². The molecule has 0 fully saturated rings. The minimum Gasteiger partial charge on any atom is -0.374 e. The van der Waals surface area contributed by atoms with Crippen LogP contribution in [0.4, 0.5) is 0 Å². The average Bonchev–Trinajstić information content (AvgIpc) is 2.77. The van der Waals surface area contributed by atoms with Crippen molar-refractivity contribution >= 4 is 22.6 Å². The van der Waals surface area contributed by atoms with Crippen LogP contribution in [-0.4, -0.2) is 22.0 Å². The van der Waals surface area contributed by atoms with Gasteiger partial charge in [-0.3, -0.25) is 4.68 Å². The second kappa shape index (κ2) is 6.05. The predicted octanol–water partition coefficient (Wildman–Crippen LogP) is 3.97. The predicted molar refractivity (Wildman–Crippen MR) is 86.1 cm³/mol. The van der Waals surface area contributed by atoms with Crippen LogP contribution in [0, 0.1) is 3.57 Å². The molecule has 19 heavy (non-hydrogen) atoms. The monoisotopic (exact) mass is 370 g/mol. The van der Waals surface area contributed by atoms with E-state index in [2.05, 4.69) is 78.9 Å². The standard InChI is InChI=1S/C15H19IN2O/c1-15(2,3)19-9-8-18-11-13(10-17-18)12-4-6-14(16)7-5-12/h4-7,10-11H,8-9H2,1-3H3. The van der Waals surface area contributed by atoms with Gasteiger partial charge in [0.25, 0.3) is 0 Å². The molecule has 1 aromatic heterocycles. The second-order valence-electron chi connectivity index (χ2n) is 5.46. The Hall–Kier alpha value is -0.880. The maximum atomic E-state index is 5.70. The van der Waals surface area contributed by atoms with Crippen molar-refractivity contribution in [3.05, 3.63) is 40.2 Å². The molecule has 0 atom stereocenters. The largest absolute Gasteiger partial charge is 0.374 e. The van der Waals surface area contributed by atoms with Crippen LogP contribution in [-0.2, 0) is 11.3 Å². The summed E-state index contributed by atoms with van der Waals surface area (Å²) in [6, 6.07) is 8.45. The lowest BCUT2D eigenvalue weighted by Gasteiger charge is -2.19. The number of hydrogen-bond acceptors (Lipinski definition) is 2. The van der Waals surface area contributed by atoms with Crippen LogP contribution in [0.1, 0.15) is 20.8 Å². The summed E-state index contributed by atoms with van der Waals surface area (Å²) in [6.45, 7) is 7.65. The topological polar surface area (TPSA) is 27.1 Å². The molecular formula is C15H19IN2O. The molecule has 0 aliphatic carbocycles. The van der Waals surface area contributed by atoms with Crippen molar-refractivity contribution < 1.29 is 4.74 Å². The van der Waals surface area contributed by atoms with Crippen LogP contribution in [0.15, 0.2) is 36.7 Å². The van der Waals surface area contributed by atoms with Crippen molar-refractivity contribution in [3.8, 4) is 11.1 Å². The number of aromatic nitrogens is 2. The van der Waals surface area contributed by atoms with Gasteiger partial charge in [-0.1, -0.05) is 12.1 Å². The molecule has 3 nitrogen and oxygen atoms in total. The highest BCUT2D eigenvalue weighted by Crippen LogP contribution is 2.19. The van der Waals surface area contributed by atoms with E-state index in [-0.39, 0.29) is 5.60 Å². The lowest BCUT2D eigenvalue weighted by Crippen LogP contribution is -2.21. The van der Waals surface area contributed by atoms with E-state index in [4.69, 9.17) is 4.74 Å². The fourth-order valence-electron chi connectivity index (χ4n) is 1.72. The normalized spacial score (nSPS) is 11.8. The summed E-state index contributed by atoms with van der Waals surface area (Å²) >= 11 is 2.31. The van der Waals surface area contributed by atoms with E-state index in [1.807, 2.05) is 10.9 Å². The van der Waals surface area contributed by atoms with Crippen LogP contribution in [0.3, 0.4) is 0 Å². The molecule has 0 radical (unpaired) electrons. The van der Waals surface area contributed by atoms with Gasteiger partial charge in [-0.05, 0) is 61.1 Å². The van der Waals surface area contributed by atoms with Crippen LogP contribution < -0.4 is 0 Å². The number of nitrogens with zero attached hydrogens (tertiary/aromatic N) is 2. The highest BCUT2D eigenvalue weighted by atomic mass is 127. The van der Waals surface area contributed by atoms with Gasteiger partial charge in [-0.25, -0.2) is 0 Å². The van der Waals surface area contributed by atoms with Crippen molar-refractivity contribution in [2.45, 2.75) is 32.9 Å². The molecule has 2 rings (SSSR count). The van der Waals surface area contributed by atoms with Crippen LogP contribution in [0.2, 0.25) is 0 Å². The summed E-state index contributed by atoms with van der Waals surface area (Å²) in [4.78, 5) is 0. The number of benzene rings is 1. The van der Waals surface area contributed by atoms with Gasteiger partial charge in [-0.15, -0.1) is 0 Å². The van der Waals surface area contributed by atoms with E-state index in [9.17, 15) is 0 Å². The first-order valence-electron chi connectivity index (χ1n) is 6.36. The molecule has 0 amide bonds. The number of ether oxygens (including phenoxy) is 1. The molecule has 0 aliphatic rings. The molecule has 0 saturated carbocycles. The minimum absolute atomic E-state index is 0.0912. The average molecular weight is 370 g/mol. The second-order valence-corrected chi connectivity index (χ2v) is 6.71. The van der Waals surface area contributed by atoms with E-state index in [1.165, 1.54) is 9.13 Å². The maximum absolute atomic E-state index is 5.70. The molecule has 0 bridgehead atoms. The Morgan fingerprint density at radius 3 is 2.47 bits per heavy atom. The van der Waals surface area contributed by atoms with E-state index in [0.717, 1.165) is 12.1 Å². The highest BCUT2D eigenvalue weighted by molar-refractivity contribution is 14.1. The number of halogens is 1. The zero-order valence-electron chi connectivity index (χ0n) is 11.6. The van der Waals surface area contributed by atoms with Crippen LogP contribution in [0.25, 0.3) is 11.1 Å². The van der Waals surface area contributed by atoms with Crippen molar-refractivity contribution in [2.75, 3.05) is 6.61 Å². The molecule has 0 spiro atoms. The maximum Gasteiger partial charge on any atom is 0.0669 e. The van der Waals surface area contributed by atoms with E-state index < -0.39 is 0 Å². The molecule has 0 saturated heterocycles. The molecule has 1 heterocycles. The first-order chi connectivity index (χ1) is 8.94. The van der Waals surface area contributed by atoms with Gasteiger partial charge in [0.15, 0.2) is 0 Å². The first kappa shape index (κ1) is 14.5. The zero-order chi connectivity index (χ0) is 13.9. The van der Waals surface area contributed by atoms with Gasteiger partial charge in [0, 0.05) is 15.3 Å². The Morgan fingerprint density at radius 1 is 1.16 bits per heavy atom. The quantitative estimate of drug-likeness (QED) is 0.762. The molecule has 0 unspecified atom stereocenters. The lowest BCUT2D eigenvalue weighted by molar-refractivity contribution is -0.00788. The molecule has 0 N–H and O–H groups in total. The van der Waals surface area contributed by atoms with E-state index in [0.29, 0.717) is 6.61 Å². The van der Waals surface area contributed by atoms with Gasteiger partial charge in [0.05, 0.1) is 24.9 Å². The Bertz CT molecular complexity index is 526. The number of rotatable bonds is 4. The molecule has 1 aromatic carbocycles. The third kappa shape index (κ3) is 4.62. The SMILES string of the molecule is CC(C)(C)OCCn1cc(-c2ccc(I)cc2)cn1.